The summed E-state index contributed by atoms with van der Waals surface area (Å²) in [5.74, 6) is -0.427. The summed E-state index contributed by atoms with van der Waals surface area (Å²) in [7, 11) is 0. The van der Waals surface area contributed by atoms with E-state index in [0.717, 1.165) is 21.1 Å². The minimum Gasteiger partial charge on any atom is -0.462 e. The summed E-state index contributed by atoms with van der Waals surface area (Å²) in [5, 5.41) is 4.62. The highest BCUT2D eigenvalue weighted by Crippen LogP contribution is 2.32. The van der Waals surface area contributed by atoms with Gasteiger partial charge in [0, 0.05) is 26.8 Å². The summed E-state index contributed by atoms with van der Waals surface area (Å²) in [6, 6.07) is 13.0. The summed E-state index contributed by atoms with van der Waals surface area (Å²) >= 11 is 9.58. The summed E-state index contributed by atoms with van der Waals surface area (Å²) < 4.78 is 6.08. The molecular formula is C18H14BrClN2O2. The van der Waals surface area contributed by atoms with Crippen LogP contribution in [0.15, 0.2) is 53.1 Å². The first-order valence-corrected chi connectivity index (χ1v) is 8.53. The van der Waals surface area contributed by atoms with Crippen molar-refractivity contribution in [3.63, 3.8) is 0 Å². The molecule has 0 bridgehead atoms. The van der Waals surface area contributed by atoms with Crippen LogP contribution < -0.4 is 5.32 Å². The van der Waals surface area contributed by atoms with Crippen molar-refractivity contribution in [3.05, 3.63) is 63.7 Å². The van der Waals surface area contributed by atoms with Gasteiger partial charge < -0.3 is 10.1 Å². The van der Waals surface area contributed by atoms with Crippen molar-refractivity contribution in [3.8, 4) is 0 Å². The number of hydrogen-bond acceptors (Lipinski definition) is 4. The Kier molecular flexibility index (Phi) is 5.02. The number of anilines is 2. The lowest BCUT2D eigenvalue weighted by Crippen LogP contribution is -2.09. The molecule has 0 aliphatic rings. The van der Waals surface area contributed by atoms with Crippen LogP contribution in [0.25, 0.3) is 10.9 Å². The molecular weight excluding hydrogens is 392 g/mol. The van der Waals surface area contributed by atoms with E-state index in [1.165, 1.54) is 6.20 Å². The first kappa shape index (κ1) is 16.7. The van der Waals surface area contributed by atoms with E-state index >= 15 is 0 Å². The number of nitrogens with one attached hydrogen (secondary N) is 1. The van der Waals surface area contributed by atoms with E-state index in [1.807, 2.05) is 30.3 Å². The maximum absolute atomic E-state index is 12.3. The third kappa shape index (κ3) is 3.52. The van der Waals surface area contributed by atoms with Crippen molar-refractivity contribution in [1.29, 1.82) is 0 Å². The quantitative estimate of drug-likeness (QED) is 0.576. The number of halogens is 2. The lowest BCUT2D eigenvalue weighted by molar-refractivity contribution is 0.0527. The van der Waals surface area contributed by atoms with Crippen LogP contribution in [0, 0.1) is 0 Å². The number of esters is 1. The van der Waals surface area contributed by atoms with Gasteiger partial charge >= 0.3 is 5.97 Å². The van der Waals surface area contributed by atoms with Gasteiger partial charge in [0.15, 0.2) is 0 Å². The molecule has 0 amide bonds. The molecule has 0 radical (unpaired) electrons. The normalized spacial score (nSPS) is 10.6. The summed E-state index contributed by atoms with van der Waals surface area (Å²) in [6.45, 7) is 2.06. The van der Waals surface area contributed by atoms with E-state index in [-0.39, 0.29) is 0 Å². The average Bonchev–Trinajstić information content (AvgIpc) is 2.55. The number of fused-ring (bicyclic) bond motifs is 1. The smallest absolute Gasteiger partial charge is 0.341 e. The fourth-order valence-corrected chi connectivity index (χ4v) is 2.95. The molecule has 0 atom stereocenters. The highest BCUT2D eigenvalue weighted by atomic mass is 79.9. The molecule has 0 unspecified atom stereocenters. The Bertz CT molecular complexity index is 915. The number of hydrogen-bond donors (Lipinski definition) is 1. The predicted octanol–water partition coefficient (Wildman–Crippen LogP) is 5.57. The lowest BCUT2D eigenvalue weighted by Gasteiger charge is -2.14. The van der Waals surface area contributed by atoms with E-state index in [9.17, 15) is 4.79 Å². The van der Waals surface area contributed by atoms with Crippen LogP contribution in [0.5, 0.6) is 0 Å². The molecule has 3 aromatic rings. The Morgan fingerprint density at radius 3 is 2.88 bits per heavy atom. The minimum atomic E-state index is -0.427. The zero-order valence-electron chi connectivity index (χ0n) is 12.8. The van der Waals surface area contributed by atoms with Crippen molar-refractivity contribution < 1.29 is 9.53 Å². The zero-order valence-corrected chi connectivity index (χ0v) is 15.2. The van der Waals surface area contributed by atoms with Gasteiger partial charge in [0.05, 0.1) is 17.8 Å². The number of aromatic nitrogens is 1. The molecule has 3 rings (SSSR count). The molecule has 122 valence electrons. The first-order chi connectivity index (χ1) is 11.6. The highest BCUT2D eigenvalue weighted by molar-refractivity contribution is 9.10. The third-order valence-corrected chi connectivity index (χ3v) is 4.15. The second-order valence-corrected chi connectivity index (χ2v) is 6.42. The molecule has 1 aromatic heterocycles. The number of ether oxygens (including phenoxy) is 1. The predicted molar refractivity (Wildman–Crippen MR) is 100 cm³/mol. The van der Waals surface area contributed by atoms with Gasteiger partial charge in [-0.3, -0.25) is 4.98 Å². The van der Waals surface area contributed by atoms with Crippen molar-refractivity contribution in [1.82, 2.24) is 4.98 Å². The van der Waals surface area contributed by atoms with E-state index in [2.05, 4.69) is 26.2 Å². The van der Waals surface area contributed by atoms with Gasteiger partial charge in [0.2, 0.25) is 0 Å². The number of carbonyl (C=O) groups excluding carboxylic acids is 1. The molecule has 0 aliphatic heterocycles. The number of rotatable bonds is 4. The van der Waals surface area contributed by atoms with Crippen LogP contribution in [0.2, 0.25) is 5.02 Å². The van der Waals surface area contributed by atoms with Crippen molar-refractivity contribution in [2.75, 3.05) is 11.9 Å². The zero-order chi connectivity index (χ0) is 17.1. The van der Waals surface area contributed by atoms with Crippen LogP contribution in [-0.4, -0.2) is 17.6 Å². The molecule has 4 nitrogen and oxygen atoms in total. The van der Waals surface area contributed by atoms with Crippen LogP contribution in [0.1, 0.15) is 17.3 Å². The van der Waals surface area contributed by atoms with Gasteiger partial charge in [-0.25, -0.2) is 4.79 Å². The maximum atomic E-state index is 12.3. The van der Waals surface area contributed by atoms with Crippen molar-refractivity contribution >= 4 is 55.8 Å². The number of pyridine rings is 1. The summed E-state index contributed by atoms with van der Waals surface area (Å²) in [4.78, 5) is 16.6. The van der Waals surface area contributed by atoms with Gasteiger partial charge in [0.1, 0.15) is 5.56 Å². The Morgan fingerprint density at radius 2 is 2.12 bits per heavy atom. The summed E-state index contributed by atoms with van der Waals surface area (Å²) in [6.07, 6.45) is 1.52. The number of carbonyl (C=O) groups is 1. The molecule has 2 aromatic carbocycles. The van der Waals surface area contributed by atoms with E-state index in [1.54, 1.807) is 19.1 Å². The number of benzene rings is 2. The highest BCUT2D eigenvalue weighted by Gasteiger charge is 2.17. The first-order valence-electron chi connectivity index (χ1n) is 7.36. The summed E-state index contributed by atoms with van der Waals surface area (Å²) in [5.41, 5.74) is 2.57. The Balaban J connectivity index is 2.18. The Hall–Kier alpha value is -2.11. The molecule has 24 heavy (non-hydrogen) atoms. The largest absolute Gasteiger partial charge is 0.462 e. The molecule has 0 saturated carbocycles. The second-order valence-electron chi connectivity index (χ2n) is 5.06. The van der Waals surface area contributed by atoms with Crippen LogP contribution in [0.4, 0.5) is 11.4 Å². The number of nitrogens with zero attached hydrogens (tertiary/aromatic N) is 1. The fourth-order valence-electron chi connectivity index (χ4n) is 2.37. The van der Waals surface area contributed by atoms with Crippen molar-refractivity contribution in [2.24, 2.45) is 0 Å². The van der Waals surface area contributed by atoms with Crippen molar-refractivity contribution in [2.45, 2.75) is 6.92 Å². The molecule has 0 aliphatic carbocycles. The Labute approximate surface area is 152 Å². The van der Waals surface area contributed by atoms with E-state index in [0.29, 0.717) is 22.9 Å². The van der Waals surface area contributed by atoms with Gasteiger partial charge in [-0.1, -0.05) is 33.6 Å². The minimum absolute atomic E-state index is 0.294. The van der Waals surface area contributed by atoms with Gasteiger partial charge in [-0.05, 0) is 43.3 Å². The molecule has 1 heterocycles. The molecule has 0 saturated heterocycles. The third-order valence-electron chi connectivity index (χ3n) is 3.42. The standard InChI is InChI=1S/C18H14BrClN2O2/c1-2-24-18(23)15-10-21-16-7-6-12(20)9-14(16)17(15)22-13-5-3-4-11(19)8-13/h3-10H,2H2,1H3,(H,21,22). The van der Waals surface area contributed by atoms with Gasteiger partial charge in [0.25, 0.3) is 0 Å². The molecule has 1 N–H and O–H groups in total. The molecule has 0 spiro atoms. The van der Waals surface area contributed by atoms with Gasteiger partial charge in [-0.2, -0.15) is 0 Å². The second kappa shape index (κ2) is 7.20. The monoisotopic (exact) mass is 404 g/mol. The van der Waals surface area contributed by atoms with E-state index < -0.39 is 5.97 Å². The topological polar surface area (TPSA) is 51.2 Å². The molecule has 6 heteroatoms. The fraction of sp³-hybridized carbons (Fsp3) is 0.111. The SMILES string of the molecule is CCOC(=O)c1cnc2ccc(Cl)cc2c1Nc1cccc(Br)c1. The Morgan fingerprint density at radius 1 is 1.29 bits per heavy atom. The van der Waals surface area contributed by atoms with E-state index in [4.69, 9.17) is 16.3 Å². The average molecular weight is 406 g/mol. The van der Waals surface area contributed by atoms with Gasteiger partial charge in [-0.15, -0.1) is 0 Å². The van der Waals surface area contributed by atoms with Crippen LogP contribution >= 0.6 is 27.5 Å². The van der Waals surface area contributed by atoms with Crippen LogP contribution in [-0.2, 0) is 4.74 Å². The maximum Gasteiger partial charge on any atom is 0.341 e. The van der Waals surface area contributed by atoms with Crippen LogP contribution in [0.3, 0.4) is 0 Å². The molecule has 0 fully saturated rings. The lowest BCUT2D eigenvalue weighted by atomic mass is 10.1.